The van der Waals surface area contributed by atoms with E-state index < -0.39 is 0 Å². The van der Waals surface area contributed by atoms with Gasteiger partial charge in [-0.25, -0.2) is 9.37 Å². The standard InChI is InChI=1S/C22H18FN3O2S/c1-2-14-4-3-5-17(10-14)25-19(27)11-26-13-24-21-20(22(26)28)18(12-29-21)15-6-8-16(23)9-7-15/h3-10,12-13H,2,11H2,1H3,(H,25,27). The number of hydrogen-bond donors (Lipinski definition) is 1. The van der Waals surface area contributed by atoms with Gasteiger partial charge in [0.2, 0.25) is 5.91 Å². The van der Waals surface area contributed by atoms with Crippen LogP contribution in [-0.2, 0) is 17.8 Å². The normalized spacial score (nSPS) is 11.0. The Hall–Kier alpha value is -3.32. The molecule has 0 saturated heterocycles. The second kappa shape index (κ2) is 7.97. The van der Waals surface area contributed by atoms with Crippen molar-refractivity contribution in [2.75, 3.05) is 5.32 Å². The third-order valence-corrected chi connectivity index (χ3v) is 5.54. The van der Waals surface area contributed by atoms with E-state index in [0.717, 1.165) is 17.5 Å². The second-order valence-electron chi connectivity index (χ2n) is 6.62. The van der Waals surface area contributed by atoms with Crippen LogP contribution in [0.1, 0.15) is 12.5 Å². The Morgan fingerprint density at radius 3 is 2.76 bits per heavy atom. The van der Waals surface area contributed by atoms with E-state index in [0.29, 0.717) is 21.5 Å². The number of hydrogen-bond acceptors (Lipinski definition) is 4. The van der Waals surface area contributed by atoms with Crippen LogP contribution in [0.2, 0.25) is 0 Å². The molecular formula is C22H18FN3O2S. The first-order chi connectivity index (χ1) is 14.0. The molecule has 0 bridgehead atoms. The van der Waals surface area contributed by atoms with Crippen molar-refractivity contribution in [2.24, 2.45) is 0 Å². The van der Waals surface area contributed by atoms with Crippen molar-refractivity contribution in [3.8, 4) is 11.1 Å². The van der Waals surface area contributed by atoms with Crippen LogP contribution in [0.3, 0.4) is 0 Å². The zero-order valence-corrected chi connectivity index (χ0v) is 16.5. The molecule has 0 fully saturated rings. The monoisotopic (exact) mass is 407 g/mol. The van der Waals surface area contributed by atoms with Crippen LogP contribution in [0.25, 0.3) is 21.3 Å². The molecule has 5 nitrogen and oxygen atoms in total. The van der Waals surface area contributed by atoms with Gasteiger partial charge in [0.05, 0.1) is 11.7 Å². The molecule has 29 heavy (non-hydrogen) atoms. The number of rotatable bonds is 5. The van der Waals surface area contributed by atoms with Gasteiger partial charge in [-0.1, -0.05) is 31.2 Å². The van der Waals surface area contributed by atoms with E-state index >= 15 is 0 Å². The van der Waals surface area contributed by atoms with Crippen LogP contribution in [0.15, 0.2) is 65.0 Å². The summed E-state index contributed by atoms with van der Waals surface area (Å²) < 4.78 is 14.5. The number of anilines is 1. The molecule has 0 spiro atoms. The fourth-order valence-corrected chi connectivity index (χ4v) is 4.05. The Morgan fingerprint density at radius 1 is 1.21 bits per heavy atom. The first kappa shape index (κ1) is 19.0. The van der Waals surface area contributed by atoms with E-state index in [1.165, 1.54) is 34.4 Å². The van der Waals surface area contributed by atoms with Crippen LogP contribution >= 0.6 is 11.3 Å². The SMILES string of the molecule is CCc1cccc(NC(=O)Cn2cnc3scc(-c4ccc(F)cc4)c3c2=O)c1. The van der Waals surface area contributed by atoms with E-state index in [9.17, 15) is 14.0 Å². The van der Waals surface area contributed by atoms with Crippen molar-refractivity contribution in [1.82, 2.24) is 9.55 Å². The number of carbonyl (C=O) groups excluding carboxylic acids is 1. The van der Waals surface area contributed by atoms with E-state index in [1.807, 2.05) is 36.6 Å². The van der Waals surface area contributed by atoms with Crippen LogP contribution in [0.4, 0.5) is 10.1 Å². The van der Waals surface area contributed by atoms with Crippen molar-refractivity contribution >= 4 is 33.1 Å². The van der Waals surface area contributed by atoms with Crippen molar-refractivity contribution in [2.45, 2.75) is 19.9 Å². The predicted octanol–water partition coefficient (Wildman–Crippen LogP) is 4.47. The molecule has 1 N–H and O–H groups in total. The Balaban J connectivity index is 1.63. The van der Waals surface area contributed by atoms with Gasteiger partial charge in [-0.05, 0) is 41.8 Å². The van der Waals surface area contributed by atoms with E-state index in [2.05, 4.69) is 10.3 Å². The lowest BCUT2D eigenvalue weighted by atomic mass is 10.1. The molecule has 2 aromatic heterocycles. The number of fused-ring (bicyclic) bond motifs is 1. The Bertz CT molecular complexity index is 1250. The zero-order valence-electron chi connectivity index (χ0n) is 15.7. The predicted molar refractivity (Wildman–Crippen MR) is 114 cm³/mol. The zero-order chi connectivity index (χ0) is 20.4. The summed E-state index contributed by atoms with van der Waals surface area (Å²) in [6.45, 7) is 1.90. The minimum atomic E-state index is -0.340. The molecule has 2 aromatic carbocycles. The maximum Gasteiger partial charge on any atom is 0.263 e. The van der Waals surface area contributed by atoms with E-state index in [-0.39, 0.29) is 23.8 Å². The van der Waals surface area contributed by atoms with Crippen molar-refractivity contribution in [3.05, 3.63) is 82.0 Å². The van der Waals surface area contributed by atoms with Crippen molar-refractivity contribution < 1.29 is 9.18 Å². The first-order valence-corrected chi connectivity index (χ1v) is 10.0. The lowest BCUT2D eigenvalue weighted by molar-refractivity contribution is -0.116. The number of aromatic nitrogens is 2. The summed E-state index contributed by atoms with van der Waals surface area (Å²) in [6.07, 6.45) is 2.26. The van der Waals surface area contributed by atoms with Gasteiger partial charge in [-0.3, -0.25) is 14.2 Å². The van der Waals surface area contributed by atoms with Gasteiger partial charge in [0.1, 0.15) is 17.2 Å². The number of aryl methyl sites for hydroxylation is 1. The quantitative estimate of drug-likeness (QED) is 0.531. The number of thiophene rings is 1. The maximum absolute atomic E-state index is 13.2. The number of nitrogens with zero attached hydrogens (tertiary/aromatic N) is 2. The molecular weight excluding hydrogens is 389 g/mol. The van der Waals surface area contributed by atoms with Gasteiger partial charge < -0.3 is 5.32 Å². The maximum atomic E-state index is 13.2. The van der Waals surface area contributed by atoms with E-state index in [1.54, 1.807) is 12.1 Å². The largest absolute Gasteiger partial charge is 0.325 e. The second-order valence-corrected chi connectivity index (χ2v) is 7.47. The van der Waals surface area contributed by atoms with Crippen molar-refractivity contribution in [3.63, 3.8) is 0 Å². The summed E-state index contributed by atoms with van der Waals surface area (Å²) >= 11 is 1.34. The Morgan fingerprint density at radius 2 is 2.00 bits per heavy atom. The van der Waals surface area contributed by atoms with Crippen LogP contribution in [-0.4, -0.2) is 15.5 Å². The summed E-state index contributed by atoms with van der Waals surface area (Å²) in [4.78, 5) is 30.4. The lowest BCUT2D eigenvalue weighted by Gasteiger charge is -2.09. The molecule has 0 radical (unpaired) electrons. The molecule has 0 saturated carbocycles. The molecule has 0 aliphatic carbocycles. The summed E-state index contributed by atoms with van der Waals surface area (Å²) in [5, 5.41) is 5.08. The highest BCUT2D eigenvalue weighted by Gasteiger charge is 2.15. The molecule has 146 valence electrons. The Kier molecular flexibility index (Phi) is 5.22. The molecule has 4 aromatic rings. The van der Waals surface area contributed by atoms with Crippen molar-refractivity contribution in [1.29, 1.82) is 0 Å². The molecule has 0 atom stereocenters. The lowest BCUT2D eigenvalue weighted by Crippen LogP contribution is -2.27. The van der Waals surface area contributed by atoms with Gasteiger partial charge in [0, 0.05) is 16.6 Å². The fourth-order valence-electron chi connectivity index (χ4n) is 3.15. The number of carbonyl (C=O) groups is 1. The average Bonchev–Trinajstić information content (AvgIpc) is 3.16. The molecule has 2 heterocycles. The van der Waals surface area contributed by atoms with Crippen LogP contribution < -0.4 is 10.9 Å². The summed E-state index contributed by atoms with van der Waals surface area (Å²) in [5.74, 6) is -0.646. The smallest absolute Gasteiger partial charge is 0.263 e. The number of amides is 1. The third-order valence-electron chi connectivity index (χ3n) is 4.65. The summed E-state index contributed by atoms with van der Waals surface area (Å²) in [6, 6.07) is 13.6. The highest BCUT2D eigenvalue weighted by atomic mass is 32.1. The molecule has 0 unspecified atom stereocenters. The van der Waals surface area contributed by atoms with Gasteiger partial charge >= 0.3 is 0 Å². The van der Waals surface area contributed by atoms with Gasteiger partial charge in [0.25, 0.3) is 5.56 Å². The first-order valence-electron chi connectivity index (χ1n) is 9.16. The molecule has 7 heteroatoms. The van der Waals surface area contributed by atoms with Gasteiger partial charge in [-0.2, -0.15) is 0 Å². The van der Waals surface area contributed by atoms with Gasteiger partial charge in [-0.15, -0.1) is 11.3 Å². The highest BCUT2D eigenvalue weighted by molar-refractivity contribution is 7.17. The molecule has 0 aliphatic heterocycles. The number of benzene rings is 2. The third kappa shape index (κ3) is 3.95. The summed E-state index contributed by atoms with van der Waals surface area (Å²) in [7, 11) is 0. The van der Waals surface area contributed by atoms with Crippen LogP contribution in [0, 0.1) is 5.82 Å². The number of nitrogens with one attached hydrogen (secondary N) is 1. The Labute approximate surface area is 170 Å². The fraction of sp³-hybridized carbons (Fsp3) is 0.136. The molecule has 1 amide bonds. The number of halogens is 1. The van der Waals surface area contributed by atoms with E-state index in [4.69, 9.17) is 0 Å². The minimum Gasteiger partial charge on any atom is -0.325 e. The van der Waals surface area contributed by atoms with Gasteiger partial charge in [0.15, 0.2) is 0 Å². The topological polar surface area (TPSA) is 64.0 Å². The minimum absolute atomic E-state index is 0.142. The van der Waals surface area contributed by atoms with Crippen LogP contribution in [0.5, 0.6) is 0 Å². The molecule has 0 aliphatic rings. The average molecular weight is 407 g/mol. The summed E-state index contributed by atoms with van der Waals surface area (Å²) in [5.41, 5.74) is 2.93. The highest BCUT2D eigenvalue weighted by Crippen LogP contribution is 2.30. The molecule has 4 rings (SSSR count).